The minimum atomic E-state index is -0.633. The third-order valence-corrected chi connectivity index (χ3v) is 5.66. The standard InChI is InChI=1S/C26H23FN6O3/c1-16-8-19(10-20(9-16)33-7-5-21(34)15-33)32-26(35)31-18-2-3-25(23(27)11-18)36-22-4-6-28-24(12-22)17-13-29-30-14-17/h2-4,6,8-14H,5,7,15H2,1H3,(H,29,30)(H2,31,32,35). The molecule has 1 aliphatic rings. The number of hydrogen-bond donors (Lipinski definition) is 3. The van der Waals surface area contributed by atoms with E-state index in [1.54, 1.807) is 36.8 Å². The molecule has 1 fully saturated rings. The van der Waals surface area contributed by atoms with Gasteiger partial charge in [-0.1, -0.05) is 0 Å². The number of rotatable bonds is 6. The summed E-state index contributed by atoms with van der Waals surface area (Å²) in [5.74, 6) is -0.0196. The molecule has 182 valence electrons. The van der Waals surface area contributed by atoms with E-state index in [0.29, 0.717) is 36.6 Å². The Morgan fingerprint density at radius 2 is 1.97 bits per heavy atom. The largest absolute Gasteiger partial charge is 0.454 e. The summed E-state index contributed by atoms with van der Waals surface area (Å²) in [6.45, 7) is 2.94. The van der Waals surface area contributed by atoms with Crippen LogP contribution in [0.5, 0.6) is 11.5 Å². The van der Waals surface area contributed by atoms with Crippen LogP contribution in [0.2, 0.25) is 0 Å². The van der Waals surface area contributed by atoms with Crippen molar-refractivity contribution in [2.24, 2.45) is 0 Å². The van der Waals surface area contributed by atoms with E-state index in [2.05, 4.69) is 25.8 Å². The fourth-order valence-corrected chi connectivity index (χ4v) is 3.97. The van der Waals surface area contributed by atoms with Crippen molar-refractivity contribution in [3.8, 4) is 22.8 Å². The average Bonchev–Trinajstić information content (AvgIpc) is 3.53. The maximum atomic E-state index is 14.7. The molecule has 2 amide bonds. The Hall–Kier alpha value is -4.73. The summed E-state index contributed by atoms with van der Waals surface area (Å²) < 4.78 is 20.4. The Morgan fingerprint density at radius 3 is 2.72 bits per heavy atom. The minimum Gasteiger partial charge on any atom is -0.454 e. The van der Waals surface area contributed by atoms with Crippen LogP contribution in [-0.4, -0.2) is 40.1 Å². The number of aromatic amines is 1. The molecule has 5 rings (SSSR count). The third kappa shape index (κ3) is 5.33. The number of ketones is 1. The molecule has 0 saturated carbocycles. The van der Waals surface area contributed by atoms with E-state index in [4.69, 9.17) is 4.74 Å². The molecule has 10 heteroatoms. The number of benzene rings is 2. The van der Waals surface area contributed by atoms with Crippen molar-refractivity contribution in [2.75, 3.05) is 28.6 Å². The van der Waals surface area contributed by atoms with Gasteiger partial charge in [-0.15, -0.1) is 0 Å². The highest BCUT2D eigenvalue weighted by Gasteiger charge is 2.20. The van der Waals surface area contributed by atoms with Crippen molar-refractivity contribution in [2.45, 2.75) is 13.3 Å². The van der Waals surface area contributed by atoms with Gasteiger partial charge in [-0.3, -0.25) is 14.9 Å². The molecule has 1 saturated heterocycles. The summed E-state index contributed by atoms with van der Waals surface area (Å²) in [7, 11) is 0. The molecule has 0 radical (unpaired) electrons. The van der Waals surface area contributed by atoms with Crippen molar-refractivity contribution in [3.05, 3.63) is 78.5 Å². The number of Topliss-reactive ketones (excluding diaryl/α,β-unsaturated/α-hetero) is 1. The van der Waals surface area contributed by atoms with E-state index >= 15 is 0 Å². The summed E-state index contributed by atoms with van der Waals surface area (Å²) in [5.41, 5.74) is 4.07. The third-order valence-electron chi connectivity index (χ3n) is 5.66. The lowest BCUT2D eigenvalue weighted by molar-refractivity contribution is -0.116. The van der Waals surface area contributed by atoms with Gasteiger partial charge in [0.25, 0.3) is 0 Å². The van der Waals surface area contributed by atoms with Crippen LogP contribution in [0, 0.1) is 12.7 Å². The van der Waals surface area contributed by atoms with Crippen LogP contribution in [-0.2, 0) is 4.79 Å². The molecule has 9 nitrogen and oxygen atoms in total. The van der Waals surface area contributed by atoms with Crippen molar-refractivity contribution in [3.63, 3.8) is 0 Å². The summed E-state index contributed by atoms with van der Waals surface area (Å²) in [4.78, 5) is 30.4. The molecule has 36 heavy (non-hydrogen) atoms. The Balaban J connectivity index is 1.24. The molecule has 0 spiro atoms. The smallest absolute Gasteiger partial charge is 0.323 e. The van der Waals surface area contributed by atoms with E-state index in [0.717, 1.165) is 16.8 Å². The molecular formula is C26H23FN6O3. The van der Waals surface area contributed by atoms with Crippen molar-refractivity contribution in [1.82, 2.24) is 15.2 Å². The first-order valence-electron chi connectivity index (χ1n) is 11.3. The number of nitrogens with one attached hydrogen (secondary N) is 3. The molecule has 4 aromatic rings. The van der Waals surface area contributed by atoms with Crippen LogP contribution in [0.1, 0.15) is 12.0 Å². The first kappa shape index (κ1) is 23.0. The zero-order valence-electron chi connectivity index (χ0n) is 19.4. The minimum absolute atomic E-state index is 0.00814. The van der Waals surface area contributed by atoms with Crippen molar-refractivity contribution in [1.29, 1.82) is 0 Å². The lowest BCUT2D eigenvalue weighted by atomic mass is 10.2. The number of carbonyl (C=O) groups is 2. The summed E-state index contributed by atoms with van der Waals surface area (Å²) in [6.07, 6.45) is 5.41. The highest BCUT2D eigenvalue weighted by atomic mass is 19.1. The van der Waals surface area contributed by atoms with Gasteiger partial charge in [0.1, 0.15) is 5.75 Å². The monoisotopic (exact) mass is 486 g/mol. The number of pyridine rings is 1. The first-order chi connectivity index (χ1) is 17.4. The van der Waals surface area contributed by atoms with Crippen LogP contribution in [0.3, 0.4) is 0 Å². The molecular weight excluding hydrogens is 463 g/mol. The predicted molar refractivity (Wildman–Crippen MR) is 134 cm³/mol. The number of aryl methyl sites for hydroxylation is 1. The number of carbonyl (C=O) groups excluding carboxylic acids is 2. The van der Waals surface area contributed by atoms with Gasteiger partial charge < -0.3 is 20.3 Å². The summed E-state index contributed by atoms with van der Waals surface area (Å²) in [5, 5.41) is 12.0. The van der Waals surface area contributed by atoms with E-state index in [1.165, 1.54) is 12.1 Å². The van der Waals surface area contributed by atoms with Gasteiger partial charge >= 0.3 is 6.03 Å². The second-order valence-electron chi connectivity index (χ2n) is 8.46. The molecule has 1 aliphatic heterocycles. The highest BCUT2D eigenvalue weighted by molar-refractivity contribution is 6.00. The Labute approximate surface area is 206 Å². The molecule has 2 aromatic heterocycles. The molecule has 0 unspecified atom stereocenters. The second kappa shape index (κ2) is 9.87. The predicted octanol–water partition coefficient (Wildman–Crippen LogP) is 5.13. The fourth-order valence-electron chi connectivity index (χ4n) is 3.97. The number of halogens is 1. The summed E-state index contributed by atoms with van der Waals surface area (Å²) in [6, 6.07) is 12.6. The van der Waals surface area contributed by atoms with E-state index in [-0.39, 0.29) is 17.2 Å². The van der Waals surface area contributed by atoms with Gasteiger partial charge in [-0.2, -0.15) is 5.10 Å². The molecule has 3 heterocycles. The Morgan fingerprint density at radius 1 is 1.11 bits per heavy atom. The zero-order chi connectivity index (χ0) is 25.1. The van der Waals surface area contributed by atoms with Crippen LogP contribution in [0.25, 0.3) is 11.3 Å². The maximum Gasteiger partial charge on any atom is 0.323 e. The van der Waals surface area contributed by atoms with Gasteiger partial charge in [0, 0.05) is 60.1 Å². The maximum absolute atomic E-state index is 14.7. The van der Waals surface area contributed by atoms with Crippen molar-refractivity contribution >= 4 is 28.9 Å². The molecule has 3 N–H and O–H groups in total. The number of amides is 2. The van der Waals surface area contributed by atoms with Gasteiger partial charge in [0.15, 0.2) is 17.3 Å². The Kier molecular flexibility index (Phi) is 6.31. The number of aromatic nitrogens is 3. The molecule has 0 bridgehead atoms. The van der Waals surface area contributed by atoms with Gasteiger partial charge in [0.2, 0.25) is 0 Å². The van der Waals surface area contributed by atoms with E-state index in [1.807, 2.05) is 30.0 Å². The zero-order valence-corrected chi connectivity index (χ0v) is 19.4. The first-order valence-corrected chi connectivity index (χ1v) is 11.3. The fraction of sp³-hybridized carbons (Fsp3) is 0.154. The van der Waals surface area contributed by atoms with Crippen LogP contribution < -0.4 is 20.3 Å². The Bertz CT molecular complexity index is 1420. The number of H-pyrrole nitrogens is 1. The van der Waals surface area contributed by atoms with Gasteiger partial charge in [0.05, 0.1) is 18.4 Å². The molecule has 2 aromatic carbocycles. The second-order valence-corrected chi connectivity index (χ2v) is 8.46. The summed E-state index contributed by atoms with van der Waals surface area (Å²) >= 11 is 0. The number of anilines is 3. The lowest BCUT2D eigenvalue weighted by Crippen LogP contribution is -2.22. The molecule has 0 atom stereocenters. The van der Waals surface area contributed by atoms with Crippen molar-refractivity contribution < 1.29 is 18.7 Å². The van der Waals surface area contributed by atoms with Crippen LogP contribution in [0.4, 0.5) is 26.2 Å². The normalized spacial score (nSPS) is 13.1. The van der Waals surface area contributed by atoms with Gasteiger partial charge in [-0.05, 0) is 48.9 Å². The number of ether oxygens (including phenoxy) is 1. The van der Waals surface area contributed by atoms with Gasteiger partial charge in [-0.25, -0.2) is 9.18 Å². The number of nitrogens with zero attached hydrogens (tertiary/aromatic N) is 3. The SMILES string of the molecule is Cc1cc(NC(=O)Nc2ccc(Oc3ccnc(-c4cn[nH]c4)c3)c(F)c2)cc(N2CCC(=O)C2)c1. The van der Waals surface area contributed by atoms with E-state index in [9.17, 15) is 14.0 Å². The topological polar surface area (TPSA) is 112 Å². The molecule has 0 aliphatic carbocycles. The quantitative estimate of drug-likeness (QED) is 0.348. The van der Waals surface area contributed by atoms with Crippen LogP contribution >= 0.6 is 0 Å². The average molecular weight is 487 g/mol. The number of hydrogen-bond acceptors (Lipinski definition) is 6. The van der Waals surface area contributed by atoms with Crippen LogP contribution in [0.15, 0.2) is 67.1 Å². The number of urea groups is 1. The lowest BCUT2D eigenvalue weighted by Gasteiger charge is -2.19. The highest BCUT2D eigenvalue weighted by Crippen LogP contribution is 2.29. The van der Waals surface area contributed by atoms with E-state index < -0.39 is 11.8 Å².